The number of rotatable bonds is 2. The molecule has 0 bridgehead atoms. The number of hydrogen-bond donors (Lipinski definition) is 0. The third kappa shape index (κ3) is 5.76. The minimum Gasteiger partial charge on any atom is -0.225 e. The largest absolute Gasteiger partial charge is 0.225 e. The van der Waals surface area contributed by atoms with Crippen molar-refractivity contribution in [1.29, 1.82) is 0 Å². The van der Waals surface area contributed by atoms with E-state index in [9.17, 15) is 0 Å². The molecule has 0 radical (unpaired) electrons. The van der Waals surface area contributed by atoms with E-state index >= 15 is 0 Å². The molecule has 40 valence electrons. The van der Waals surface area contributed by atoms with Crippen LogP contribution in [0.5, 0.6) is 0 Å². The zero-order chi connectivity index (χ0) is 5.54. The standard InChI is InChI=1S/C5H9NS/c1-3-5-7-6-4-2/h3-5H,1-2H3/b5-3-,6-4-. The lowest BCUT2D eigenvalue weighted by Crippen LogP contribution is -1.48. The lowest BCUT2D eigenvalue weighted by molar-refractivity contribution is 1.78. The van der Waals surface area contributed by atoms with Gasteiger partial charge in [0.1, 0.15) is 0 Å². The van der Waals surface area contributed by atoms with Gasteiger partial charge in [-0.1, -0.05) is 6.08 Å². The zero-order valence-electron chi connectivity index (χ0n) is 4.59. The lowest BCUT2D eigenvalue weighted by Gasteiger charge is -1.73. The molecule has 0 saturated carbocycles. The van der Waals surface area contributed by atoms with Crippen LogP contribution in [0.4, 0.5) is 0 Å². The summed E-state index contributed by atoms with van der Waals surface area (Å²) in [6.45, 7) is 3.87. The summed E-state index contributed by atoms with van der Waals surface area (Å²) in [4.78, 5) is 0. The number of hydrogen-bond acceptors (Lipinski definition) is 2. The minimum absolute atomic E-state index is 1.44. The van der Waals surface area contributed by atoms with Gasteiger partial charge < -0.3 is 0 Å². The van der Waals surface area contributed by atoms with E-state index in [-0.39, 0.29) is 0 Å². The summed E-state index contributed by atoms with van der Waals surface area (Å²) in [7, 11) is 0. The molecule has 0 heterocycles. The first kappa shape index (κ1) is 6.76. The van der Waals surface area contributed by atoms with E-state index < -0.39 is 0 Å². The highest BCUT2D eigenvalue weighted by atomic mass is 32.2. The second-order valence-corrected chi connectivity index (χ2v) is 1.63. The van der Waals surface area contributed by atoms with E-state index in [1.807, 2.05) is 25.3 Å². The third-order valence-corrected chi connectivity index (χ3v) is 1.09. The maximum atomic E-state index is 3.87. The van der Waals surface area contributed by atoms with Crippen molar-refractivity contribution in [2.24, 2.45) is 4.40 Å². The van der Waals surface area contributed by atoms with Crippen molar-refractivity contribution in [3.8, 4) is 0 Å². The Balaban J connectivity index is 2.98. The molecule has 0 atom stereocenters. The first-order valence-electron chi connectivity index (χ1n) is 2.16. The van der Waals surface area contributed by atoms with Crippen LogP contribution in [0.15, 0.2) is 15.9 Å². The molecule has 0 N–H and O–H groups in total. The molecule has 0 unspecified atom stereocenters. The van der Waals surface area contributed by atoms with Crippen molar-refractivity contribution in [2.75, 3.05) is 0 Å². The van der Waals surface area contributed by atoms with Gasteiger partial charge in [0, 0.05) is 18.2 Å². The Morgan fingerprint density at radius 2 is 2.14 bits per heavy atom. The Morgan fingerprint density at radius 1 is 1.43 bits per heavy atom. The Kier molecular flexibility index (Phi) is 5.56. The van der Waals surface area contributed by atoms with Crippen molar-refractivity contribution in [1.82, 2.24) is 0 Å². The van der Waals surface area contributed by atoms with Gasteiger partial charge >= 0.3 is 0 Å². The van der Waals surface area contributed by atoms with Gasteiger partial charge in [-0.2, -0.15) is 0 Å². The van der Waals surface area contributed by atoms with Crippen LogP contribution >= 0.6 is 11.9 Å². The van der Waals surface area contributed by atoms with E-state index in [1.165, 1.54) is 11.9 Å². The Hall–Kier alpha value is -0.240. The second-order valence-electron chi connectivity index (χ2n) is 0.938. The van der Waals surface area contributed by atoms with E-state index in [4.69, 9.17) is 0 Å². The van der Waals surface area contributed by atoms with Gasteiger partial charge in [0.25, 0.3) is 0 Å². The molecular formula is C5H9NS. The van der Waals surface area contributed by atoms with Crippen molar-refractivity contribution in [2.45, 2.75) is 13.8 Å². The highest BCUT2D eigenvalue weighted by Crippen LogP contribution is 2.00. The zero-order valence-corrected chi connectivity index (χ0v) is 5.40. The van der Waals surface area contributed by atoms with Gasteiger partial charge in [-0.05, 0) is 19.3 Å². The molecule has 0 spiro atoms. The fraction of sp³-hybridized carbons (Fsp3) is 0.400. The topological polar surface area (TPSA) is 12.4 Å². The maximum Gasteiger partial charge on any atom is 0.00986 e. The van der Waals surface area contributed by atoms with Crippen molar-refractivity contribution >= 4 is 18.2 Å². The second kappa shape index (κ2) is 5.76. The van der Waals surface area contributed by atoms with Crippen molar-refractivity contribution in [3.05, 3.63) is 11.5 Å². The average Bonchev–Trinajstić information content (AvgIpc) is 1.69. The smallest absolute Gasteiger partial charge is 0.00986 e. The summed E-state index contributed by atoms with van der Waals surface area (Å²) in [5.41, 5.74) is 0. The summed E-state index contributed by atoms with van der Waals surface area (Å²) < 4.78 is 3.87. The predicted molar refractivity (Wildman–Crippen MR) is 36.6 cm³/mol. The van der Waals surface area contributed by atoms with E-state index in [0.717, 1.165) is 0 Å². The fourth-order valence-corrected chi connectivity index (χ4v) is 0.471. The summed E-state index contributed by atoms with van der Waals surface area (Å²) in [6, 6.07) is 0. The summed E-state index contributed by atoms with van der Waals surface area (Å²) in [5, 5.41) is 1.93. The molecule has 2 heteroatoms. The van der Waals surface area contributed by atoms with Crippen LogP contribution in [-0.2, 0) is 0 Å². The molecule has 0 amide bonds. The average molecular weight is 115 g/mol. The molecule has 7 heavy (non-hydrogen) atoms. The molecule has 1 nitrogen and oxygen atoms in total. The molecule has 0 aliphatic heterocycles. The number of nitrogens with zero attached hydrogens (tertiary/aromatic N) is 1. The summed E-state index contributed by atoms with van der Waals surface area (Å²) >= 11 is 1.44. The van der Waals surface area contributed by atoms with Crippen LogP contribution in [0, 0.1) is 0 Å². The van der Waals surface area contributed by atoms with Gasteiger partial charge in [-0.15, -0.1) is 0 Å². The van der Waals surface area contributed by atoms with Gasteiger partial charge in [0.05, 0.1) is 0 Å². The molecule has 0 saturated heterocycles. The van der Waals surface area contributed by atoms with Crippen LogP contribution in [0.1, 0.15) is 13.8 Å². The molecule has 0 aromatic heterocycles. The number of allylic oxidation sites excluding steroid dienone is 1. The highest BCUT2D eigenvalue weighted by molar-refractivity contribution is 8.01. The fourth-order valence-electron chi connectivity index (χ4n) is 0.157. The maximum absolute atomic E-state index is 3.87. The molecule has 0 aromatic carbocycles. The van der Waals surface area contributed by atoms with Crippen molar-refractivity contribution in [3.63, 3.8) is 0 Å². The van der Waals surface area contributed by atoms with Gasteiger partial charge in [-0.25, -0.2) is 4.40 Å². The predicted octanol–water partition coefficient (Wildman–Crippen LogP) is 2.26. The molecule has 0 aliphatic rings. The SMILES string of the molecule is C/C=C\S/N=C\C. The normalized spacial score (nSPS) is 11.7. The molecular weight excluding hydrogens is 106 g/mol. The van der Waals surface area contributed by atoms with E-state index in [0.29, 0.717) is 0 Å². The third-order valence-electron chi connectivity index (χ3n) is 0.363. The van der Waals surface area contributed by atoms with Gasteiger partial charge in [-0.3, -0.25) is 0 Å². The highest BCUT2D eigenvalue weighted by Gasteiger charge is 1.62. The molecule has 0 aliphatic carbocycles. The van der Waals surface area contributed by atoms with Crippen molar-refractivity contribution < 1.29 is 0 Å². The van der Waals surface area contributed by atoms with E-state index in [2.05, 4.69) is 4.40 Å². The van der Waals surface area contributed by atoms with Gasteiger partial charge in [0.15, 0.2) is 0 Å². The van der Waals surface area contributed by atoms with Crippen LogP contribution in [0.2, 0.25) is 0 Å². The lowest BCUT2D eigenvalue weighted by atomic mass is 10.8. The van der Waals surface area contributed by atoms with E-state index in [1.54, 1.807) is 6.21 Å². The summed E-state index contributed by atoms with van der Waals surface area (Å²) in [5.74, 6) is 0. The van der Waals surface area contributed by atoms with Crippen LogP contribution in [-0.4, -0.2) is 6.21 Å². The first-order valence-corrected chi connectivity index (χ1v) is 3.00. The van der Waals surface area contributed by atoms with Crippen LogP contribution in [0.25, 0.3) is 0 Å². The van der Waals surface area contributed by atoms with Gasteiger partial charge in [0.2, 0.25) is 0 Å². The Bertz CT molecular complexity index is 66.1. The van der Waals surface area contributed by atoms with Crippen LogP contribution in [0.3, 0.4) is 0 Å². The minimum atomic E-state index is 1.44. The quantitative estimate of drug-likeness (QED) is 0.397. The first-order chi connectivity index (χ1) is 3.41. The van der Waals surface area contributed by atoms with Crippen LogP contribution < -0.4 is 0 Å². The Labute approximate surface area is 48.7 Å². The monoisotopic (exact) mass is 115 g/mol. The Morgan fingerprint density at radius 3 is 2.57 bits per heavy atom. The molecule has 0 aromatic rings. The summed E-state index contributed by atoms with van der Waals surface area (Å²) in [6.07, 6.45) is 3.72. The molecule has 0 fully saturated rings. The molecule has 0 rings (SSSR count).